The summed E-state index contributed by atoms with van der Waals surface area (Å²) in [5.74, 6) is 0.0872. The maximum Gasteiger partial charge on any atom is 0.279 e. The van der Waals surface area contributed by atoms with Crippen LogP contribution in [0.3, 0.4) is 0 Å². The lowest BCUT2D eigenvalue weighted by molar-refractivity contribution is -0.895. The number of amides is 2. The number of hydrogen-bond donors (Lipinski definition) is 2. The zero-order chi connectivity index (χ0) is 19.6. The van der Waals surface area contributed by atoms with Crippen LogP contribution < -0.4 is 10.2 Å². The van der Waals surface area contributed by atoms with E-state index in [0.29, 0.717) is 19.6 Å². The number of carbonyl (C=O) groups excluding carboxylic acids is 2. The number of aryl methyl sites for hydroxylation is 2. The molecule has 1 saturated heterocycles. The van der Waals surface area contributed by atoms with Gasteiger partial charge in [-0.1, -0.05) is 17.7 Å². The summed E-state index contributed by atoms with van der Waals surface area (Å²) in [6, 6.07) is 8.15. The van der Waals surface area contributed by atoms with Crippen molar-refractivity contribution in [1.82, 2.24) is 14.7 Å². The quantitative estimate of drug-likeness (QED) is 0.823. The predicted octanol–water partition coefficient (Wildman–Crippen LogP) is 0.483. The summed E-state index contributed by atoms with van der Waals surface area (Å²) in [6.45, 7) is 10.9. The Morgan fingerprint density at radius 1 is 1.11 bits per heavy atom. The van der Waals surface area contributed by atoms with Crippen molar-refractivity contribution in [3.63, 3.8) is 0 Å². The van der Waals surface area contributed by atoms with E-state index in [1.165, 1.54) is 10.5 Å². The lowest BCUT2D eigenvalue weighted by Crippen LogP contribution is -3.15. The van der Waals surface area contributed by atoms with Crippen LogP contribution in [0.1, 0.15) is 23.9 Å². The van der Waals surface area contributed by atoms with Crippen molar-refractivity contribution in [2.24, 2.45) is 0 Å². The van der Waals surface area contributed by atoms with Gasteiger partial charge < -0.3 is 15.1 Å². The van der Waals surface area contributed by atoms with Gasteiger partial charge in [0.15, 0.2) is 6.54 Å². The fraction of sp³-hybridized carbons (Fsp3) is 0.450. The van der Waals surface area contributed by atoms with Crippen molar-refractivity contribution in [3.8, 4) is 5.69 Å². The Balaban J connectivity index is 1.65. The average Bonchev–Trinajstić information content (AvgIpc) is 2.91. The molecule has 27 heavy (non-hydrogen) atoms. The third kappa shape index (κ3) is 4.36. The molecule has 2 amide bonds. The Bertz CT molecular complexity index is 833. The van der Waals surface area contributed by atoms with Gasteiger partial charge in [0.1, 0.15) is 0 Å². The van der Waals surface area contributed by atoms with Crippen LogP contribution in [-0.4, -0.2) is 59.2 Å². The molecule has 1 aromatic carbocycles. The number of hydrogen-bond acceptors (Lipinski definition) is 3. The van der Waals surface area contributed by atoms with Crippen molar-refractivity contribution in [1.29, 1.82) is 0 Å². The zero-order valence-electron chi connectivity index (χ0n) is 16.5. The van der Waals surface area contributed by atoms with Gasteiger partial charge in [-0.2, -0.15) is 5.10 Å². The van der Waals surface area contributed by atoms with Crippen LogP contribution in [0.15, 0.2) is 24.3 Å². The topological polar surface area (TPSA) is 71.7 Å². The largest absolute Gasteiger partial charge is 0.332 e. The van der Waals surface area contributed by atoms with E-state index in [9.17, 15) is 9.59 Å². The summed E-state index contributed by atoms with van der Waals surface area (Å²) in [5.41, 5.74) is 4.68. The molecule has 7 heteroatoms. The summed E-state index contributed by atoms with van der Waals surface area (Å²) < 4.78 is 1.86. The van der Waals surface area contributed by atoms with Crippen LogP contribution in [0.5, 0.6) is 0 Å². The molecular formula is C20H28N5O2+. The van der Waals surface area contributed by atoms with E-state index >= 15 is 0 Å². The second kappa shape index (κ2) is 7.92. The summed E-state index contributed by atoms with van der Waals surface area (Å²) >= 11 is 0. The SMILES string of the molecule is CC(=O)N1CC[NH+](CC(=O)Nc2c(C)nn(-c3ccc(C)cc3)c2C)CC1. The molecule has 0 saturated carbocycles. The summed E-state index contributed by atoms with van der Waals surface area (Å²) in [5, 5.41) is 7.63. The molecule has 1 fully saturated rings. The molecule has 1 aromatic heterocycles. The van der Waals surface area contributed by atoms with Crippen molar-refractivity contribution in [2.45, 2.75) is 27.7 Å². The molecule has 0 aliphatic carbocycles. The van der Waals surface area contributed by atoms with Crippen LogP contribution in [0.25, 0.3) is 5.69 Å². The Kier molecular flexibility index (Phi) is 5.60. The fourth-order valence-corrected chi connectivity index (χ4v) is 3.49. The molecule has 1 aliphatic heterocycles. The van der Waals surface area contributed by atoms with E-state index in [4.69, 9.17) is 0 Å². The number of carbonyl (C=O) groups is 2. The van der Waals surface area contributed by atoms with Gasteiger partial charge in [-0.3, -0.25) is 9.59 Å². The first-order valence-corrected chi connectivity index (χ1v) is 9.37. The first-order valence-electron chi connectivity index (χ1n) is 9.37. The van der Waals surface area contributed by atoms with Gasteiger partial charge >= 0.3 is 0 Å². The van der Waals surface area contributed by atoms with E-state index < -0.39 is 0 Å². The van der Waals surface area contributed by atoms with Crippen molar-refractivity contribution < 1.29 is 14.5 Å². The van der Waals surface area contributed by atoms with E-state index in [1.807, 2.05) is 47.7 Å². The standard InChI is InChI=1S/C20H27N5O2/c1-14-5-7-18(8-6-14)25-16(3)20(15(2)22-25)21-19(27)13-23-9-11-24(12-10-23)17(4)26/h5-8H,9-13H2,1-4H3,(H,21,27)/p+1. The minimum atomic E-state index is -0.0177. The third-order valence-corrected chi connectivity index (χ3v) is 5.16. The van der Waals surface area contributed by atoms with Gasteiger partial charge in [-0.15, -0.1) is 0 Å². The number of quaternary nitrogens is 1. The Morgan fingerprint density at radius 2 is 1.74 bits per heavy atom. The number of aromatic nitrogens is 2. The third-order valence-electron chi connectivity index (χ3n) is 5.16. The second-order valence-electron chi connectivity index (χ2n) is 7.27. The average molecular weight is 370 g/mol. The van der Waals surface area contributed by atoms with Gasteiger partial charge in [-0.25, -0.2) is 4.68 Å². The smallest absolute Gasteiger partial charge is 0.279 e. The number of benzene rings is 1. The molecule has 0 unspecified atom stereocenters. The maximum atomic E-state index is 12.5. The van der Waals surface area contributed by atoms with Gasteiger partial charge in [0.05, 0.1) is 48.9 Å². The molecule has 3 rings (SSSR count). The highest BCUT2D eigenvalue weighted by atomic mass is 16.2. The summed E-state index contributed by atoms with van der Waals surface area (Å²) in [4.78, 5) is 27.0. The normalized spacial score (nSPS) is 15.0. The highest BCUT2D eigenvalue weighted by Gasteiger charge is 2.24. The van der Waals surface area contributed by atoms with Gasteiger partial charge in [0.2, 0.25) is 5.91 Å². The predicted molar refractivity (Wildman–Crippen MR) is 104 cm³/mol. The first-order chi connectivity index (χ1) is 12.8. The van der Waals surface area contributed by atoms with Crippen molar-refractivity contribution in [2.75, 3.05) is 38.0 Å². The molecule has 1 aliphatic rings. The van der Waals surface area contributed by atoms with Gasteiger partial charge in [0.25, 0.3) is 5.91 Å². The summed E-state index contributed by atoms with van der Waals surface area (Å²) in [7, 11) is 0. The number of nitrogens with one attached hydrogen (secondary N) is 2. The fourth-order valence-electron chi connectivity index (χ4n) is 3.49. The Morgan fingerprint density at radius 3 is 2.33 bits per heavy atom. The highest BCUT2D eigenvalue weighted by molar-refractivity contribution is 5.92. The Labute approximate surface area is 159 Å². The molecule has 2 N–H and O–H groups in total. The molecule has 0 radical (unpaired) electrons. The molecule has 0 bridgehead atoms. The molecule has 2 heterocycles. The lowest BCUT2D eigenvalue weighted by atomic mass is 10.2. The van der Waals surface area contributed by atoms with Gasteiger partial charge in [0, 0.05) is 6.92 Å². The number of nitrogens with zero attached hydrogens (tertiary/aromatic N) is 3. The maximum absolute atomic E-state index is 12.5. The first kappa shape index (κ1) is 19.1. The minimum Gasteiger partial charge on any atom is -0.332 e. The zero-order valence-corrected chi connectivity index (χ0v) is 16.5. The molecule has 7 nitrogen and oxygen atoms in total. The van der Waals surface area contributed by atoms with Crippen LogP contribution in [0.4, 0.5) is 5.69 Å². The molecular weight excluding hydrogens is 342 g/mol. The van der Waals surface area contributed by atoms with E-state index in [-0.39, 0.29) is 11.8 Å². The van der Waals surface area contributed by atoms with Crippen LogP contribution in [0, 0.1) is 20.8 Å². The minimum absolute atomic E-state index is 0.0177. The second-order valence-corrected chi connectivity index (χ2v) is 7.27. The Hall–Kier alpha value is -2.67. The lowest BCUT2D eigenvalue weighted by Gasteiger charge is -2.31. The number of rotatable bonds is 4. The van der Waals surface area contributed by atoms with E-state index in [2.05, 4.69) is 17.3 Å². The van der Waals surface area contributed by atoms with Crippen molar-refractivity contribution in [3.05, 3.63) is 41.2 Å². The van der Waals surface area contributed by atoms with Crippen LogP contribution in [-0.2, 0) is 9.59 Å². The van der Waals surface area contributed by atoms with Crippen LogP contribution >= 0.6 is 0 Å². The van der Waals surface area contributed by atoms with Gasteiger partial charge in [-0.05, 0) is 32.9 Å². The van der Waals surface area contributed by atoms with Crippen molar-refractivity contribution >= 4 is 17.5 Å². The highest BCUT2D eigenvalue weighted by Crippen LogP contribution is 2.22. The monoisotopic (exact) mass is 370 g/mol. The molecule has 0 atom stereocenters. The van der Waals surface area contributed by atoms with Crippen LogP contribution in [0.2, 0.25) is 0 Å². The molecule has 0 spiro atoms. The van der Waals surface area contributed by atoms with E-state index in [0.717, 1.165) is 35.9 Å². The molecule has 144 valence electrons. The number of anilines is 1. The summed E-state index contributed by atoms with van der Waals surface area (Å²) in [6.07, 6.45) is 0. The van der Waals surface area contributed by atoms with E-state index in [1.54, 1.807) is 6.92 Å². The number of piperazine rings is 1. The molecule has 2 aromatic rings.